The van der Waals surface area contributed by atoms with Gasteiger partial charge in [-0.1, -0.05) is 6.07 Å². The average Bonchev–Trinajstić information content (AvgIpc) is 2.65. The molecule has 26 heavy (non-hydrogen) atoms. The molecule has 2 amide bonds. The van der Waals surface area contributed by atoms with Crippen LogP contribution in [0.25, 0.3) is 0 Å². The molecule has 2 atom stereocenters. The van der Waals surface area contributed by atoms with E-state index in [0.717, 1.165) is 0 Å². The maximum atomic E-state index is 13.0. The first-order chi connectivity index (χ1) is 12.3. The van der Waals surface area contributed by atoms with Crippen molar-refractivity contribution in [2.24, 2.45) is 5.92 Å². The van der Waals surface area contributed by atoms with Gasteiger partial charge in [-0.3, -0.25) is 0 Å². The summed E-state index contributed by atoms with van der Waals surface area (Å²) in [4.78, 5) is 13.6. The Morgan fingerprint density at radius 3 is 2.77 bits per heavy atom. The van der Waals surface area contributed by atoms with Gasteiger partial charge in [0.05, 0.1) is 16.5 Å². The van der Waals surface area contributed by atoms with Crippen molar-refractivity contribution in [2.45, 2.75) is 17.4 Å². The lowest BCUT2D eigenvalue weighted by Crippen LogP contribution is -2.54. The van der Waals surface area contributed by atoms with E-state index >= 15 is 0 Å². The molecule has 1 saturated heterocycles. The van der Waals surface area contributed by atoms with Crippen molar-refractivity contribution in [1.82, 2.24) is 19.8 Å². The Labute approximate surface area is 154 Å². The minimum Gasteiger partial charge on any atom is -0.341 e. The number of hydrogen-bond acceptors (Lipinski definition) is 5. The van der Waals surface area contributed by atoms with E-state index in [2.05, 4.69) is 10.6 Å². The highest BCUT2D eigenvalue weighted by Gasteiger charge is 2.36. The molecule has 0 aromatic heterocycles. The zero-order valence-corrected chi connectivity index (χ0v) is 16.1. The first kappa shape index (κ1) is 20.2. The van der Waals surface area contributed by atoms with Gasteiger partial charge in [0.1, 0.15) is 0 Å². The molecule has 2 N–H and O–H groups in total. The number of likely N-dealkylation sites (N-methyl/N-ethyl adjacent to an activating group) is 1. The van der Waals surface area contributed by atoms with Gasteiger partial charge in [0.15, 0.2) is 0 Å². The lowest BCUT2D eigenvalue weighted by Gasteiger charge is -2.41. The molecule has 2 rings (SSSR count). The number of benzene rings is 1. The smallest absolute Gasteiger partial charge is 0.314 e. The second kappa shape index (κ2) is 8.49. The molecule has 1 aliphatic rings. The Hall–Kier alpha value is -2.15. The zero-order valence-electron chi connectivity index (χ0n) is 15.3. The van der Waals surface area contributed by atoms with E-state index < -0.39 is 10.0 Å². The molecule has 0 bridgehead atoms. The van der Waals surface area contributed by atoms with Crippen LogP contribution in [-0.4, -0.2) is 70.5 Å². The predicted octanol–water partition coefficient (Wildman–Crippen LogP) is 0.428. The SMILES string of the molecule is CNC(=O)NC[C@H]1CCN(S(=O)(=O)c2cccc(C#N)c2)C[C@H]1N(C)C. The summed E-state index contributed by atoms with van der Waals surface area (Å²) in [6, 6.07) is 7.78. The minimum atomic E-state index is -3.66. The summed E-state index contributed by atoms with van der Waals surface area (Å²) in [5, 5.41) is 14.3. The number of nitriles is 1. The summed E-state index contributed by atoms with van der Waals surface area (Å²) >= 11 is 0. The monoisotopic (exact) mass is 379 g/mol. The van der Waals surface area contributed by atoms with Crippen LogP contribution in [0.3, 0.4) is 0 Å². The van der Waals surface area contributed by atoms with Gasteiger partial charge in [0.2, 0.25) is 10.0 Å². The minimum absolute atomic E-state index is 0.0187. The van der Waals surface area contributed by atoms with E-state index in [1.165, 1.54) is 16.4 Å². The maximum absolute atomic E-state index is 13.0. The highest BCUT2D eigenvalue weighted by atomic mass is 32.2. The molecule has 1 aromatic rings. The largest absolute Gasteiger partial charge is 0.341 e. The Morgan fingerprint density at radius 2 is 2.15 bits per heavy atom. The fraction of sp³-hybridized carbons (Fsp3) is 0.529. The standard InChI is InChI=1S/C17H25N5O3S/c1-19-17(23)20-11-14-7-8-22(12-16(14)21(2)3)26(24,25)15-6-4-5-13(9-15)10-18/h4-6,9,14,16H,7-8,11-12H2,1-3H3,(H2,19,20,23)/t14-,16-/m1/s1. The molecular formula is C17H25N5O3S. The van der Waals surface area contributed by atoms with E-state index in [4.69, 9.17) is 5.26 Å². The van der Waals surface area contributed by atoms with E-state index in [-0.39, 0.29) is 22.9 Å². The summed E-state index contributed by atoms with van der Waals surface area (Å²) in [5.74, 6) is 0.152. The summed E-state index contributed by atoms with van der Waals surface area (Å²) in [6.45, 7) is 1.20. The number of hydrogen-bond donors (Lipinski definition) is 2. The van der Waals surface area contributed by atoms with Gasteiger partial charge in [-0.05, 0) is 44.6 Å². The third kappa shape index (κ3) is 4.52. The number of rotatable bonds is 5. The van der Waals surface area contributed by atoms with E-state index in [1.54, 1.807) is 19.2 Å². The van der Waals surface area contributed by atoms with Crippen LogP contribution in [0.2, 0.25) is 0 Å². The van der Waals surface area contributed by atoms with Crippen LogP contribution in [-0.2, 0) is 10.0 Å². The molecule has 1 fully saturated rings. The Morgan fingerprint density at radius 1 is 1.42 bits per heavy atom. The average molecular weight is 379 g/mol. The maximum Gasteiger partial charge on any atom is 0.314 e. The van der Waals surface area contributed by atoms with Crippen molar-refractivity contribution in [3.05, 3.63) is 29.8 Å². The normalized spacial score (nSPS) is 21.2. The van der Waals surface area contributed by atoms with Crippen molar-refractivity contribution >= 4 is 16.1 Å². The first-order valence-electron chi connectivity index (χ1n) is 8.42. The van der Waals surface area contributed by atoms with Gasteiger partial charge in [-0.15, -0.1) is 0 Å². The molecule has 1 aromatic carbocycles. The number of nitrogens with one attached hydrogen (secondary N) is 2. The summed E-state index contributed by atoms with van der Waals surface area (Å²) in [6.07, 6.45) is 0.643. The summed E-state index contributed by atoms with van der Waals surface area (Å²) in [7, 11) is 1.71. The molecular weight excluding hydrogens is 354 g/mol. The van der Waals surface area contributed by atoms with Gasteiger partial charge >= 0.3 is 6.03 Å². The van der Waals surface area contributed by atoms with Crippen LogP contribution in [0.5, 0.6) is 0 Å². The van der Waals surface area contributed by atoms with E-state index in [0.29, 0.717) is 31.6 Å². The molecule has 0 radical (unpaired) electrons. The van der Waals surface area contributed by atoms with Crippen molar-refractivity contribution in [1.29, 1.82) is 5.26 Å². The molecule has 0 unspecified atom stereocenters. The van der Waals surface area contributed by atoms with Crippen LogP contribution in [0, 0.1) is 17.2 Å². The van der Waals surface area contributed by atoms with Gasteiger partial charge in [-0.2, -0.15) is 9.57 Å². The molecule has 1 heterocycles. The fourth-order valence-corrected chi connectivity index (χ4v) is 4.70. The topological polar surface area (TPSA) is 106 Å². The quantitative estimate of drug-likeness (QED) is 0.772. The molecule has 0 saturated carbocycles. The summed E-state index contributed by atoms with van der Waals surface area (Å²) < 4.78 is 27.4. The third-order valence-electron chi connectivity index (χ3n) is 4.70. The molecule has 0 aliphatic carbocycles. The first-order valence-corrected chi connectivity index (χ1v) is 9.86. The predicted molar refractivity (Wildman–Crippen MR) is 98.0 cm³/mol. The second-order valence-electron chi connectivity index (χ2n) is 6.54. The number of nitrogens with zero attached hydrogens (tertiary/aromatic N) is 3. The lowest BCUT2D eigenvalue weighted by atomic mass is 9.92. The highest BCUT2D eigenvalue weighted by Crippen LogP contribution is 2.26. The van der Waals surface area contributed by atoms with Crippen LogP contribution in [0.4, 0.5) is 4.79 Å². The van der Waals surface area contributed by atoms with Crippen LogP contribution >= 0.6 is 0 Å². The van der Waals surface area contributed by atoms with Crippen molar-refractivity contribution in [3.63, 3.8) is 0 Å². The van der Waals surface area contributed by atoms with Gasteiger partial charge in [0.25, 0.3) is 0 Å². The molecule has 8 nitrogen and oxygen atoms in total. The number of urea groups is 1. The van der Waals surface area contributed by atoms with Crippen molar-refractivity contribution < 1.29 is 13.2 Å². The van der Waals surface area contributed by atoms with Crippen molar-refractivity contribution in [2.75, 3.05) is 40.8 Å². The van der Waals surface area contributed by atoms with Crippen molar-refractivity contribution in [3.8, 4) is 6.07 Å². The lowest BCUT2D eigenvalue weighted by molar-refractivity contribution is 0.125. The fourth-order valence-electron chi connectivity index (χ4n) is 3.18. The molecule has 142 valence electrons. The highest BCUT2D eigenvalue weighted by molar-refractivity contribution is 7.89. The van der Waals surface area contributed by atoms with Crippen LogP contribution < -0.4 is 10.6 Å². The van der Waals surface area contributed by atoms with Gasteiger partial charge < -0.3 is 15.5 Å². The zero-order chi connectivity index (χ0) is 19.3. The van der Waals surface area contributed by atoms with Crippen LogP contribution in [0.15, 0.2) is 29.2 Å². The molecule has 9 heteroatoms. The number of sulfonamides is 1. The number of carbonyl (C=O) groups is 1. The molecule has 0 spiro atoms. The van der Waals surface area contributed by atoms with Gasteiger partial charge in [0, 0.05) is 32.7 Å². The van der Waals surface area contributed by atoms with Crippen LogP contribution in [0.1, 0.15) is 12.0 Å². The summed E-state index contributed by atoms with van der Waals surface area (Å²) in [5.41, 5.74) is 0.319. The Kier molecular flexibility index (Phi) is 6.58. The third-order valence-corrected chi connectivity index (χ3v) is 6.56. The number of carbonyl (C=O) groups excluding carboxylic acids is 1. The molecule has 1 aliphatic heterocycles. The van der Waals surface area contributed by atoms with E-state index in [1.807, 2.05) is 25.1 Å². The van der Waals surface area contributed by atoms with Gasteiger partial charge in [-0.25, -0.2) is 13.2 Å². The number of piperidine rings is 1. The van der Waals surface area contributed by atoms with E-state index in [9.17, 15) is 13.2 Å². The Bertz CT molecular complexity index is 788. The Balaban J connectivity index is 2.17. The number of amides is 2. The second-order valence-corrected chi connectivity index (χ2v) is 8.48.